The highest BCUT2D eigenvalue weighted by Gasteiger charge is 2.08. The summed E-state index contributed by atoms with van der Waals surface area (Å²) in [5.74, 6) is 2.74. The Kier molecular flexibility index (Phi) is 13.1. The summed E-state index contributed by atoms with van der Waals surface area (Å²) >= 11 is 5.99. The highest BCUT2D eigenvalue weighted by molar-refractivity contribution is 14.0. The molecule has 172 valence electrons. The molecule has 2 rings (SSSR count). The van der Waals surface area contributed by atoms with Crippen LogP contribution < -0.4 is 19.5 Å². The third-order valence-electron chi connectivity index (χ3n) is 4.18. The van der Waals surface area contributed by atoms with Crippen molar-refractivity contribution in [3.63, 3.8) is 0 Å². The van der Waals surface area contributed by atoms with Gasteiger partial charge in [-0.2, -0.15) is 0 Å². The van der Waals surface area contributed by atoms with Gasteiger partial charge in [-0.3, -0.25) is 0 Å². The molecule has 0 aromatic heterocycles. The molecule has 9 heteroatoms. The average molecular weight is 564 g/mol. The van der Waals surface area contributed by atoms with Gasteiger partial charge in [-0.25, -0.2) is 4.99 Å². The van der Waals surface area contributed by atoms with Crippen molar-refractivity contribution in [3.05, 3.63) is 53.1 Å². The summed E-state index contributed by atoms with van der Waals surface area (Å²) in [4.78, 5) is 6.73. The number of halogens is 2. The molecule has 0 aliphatic heterocycles. The smallest absolute Gasteiger partial charge is 0.194 e. The van der Waals surface area contributed by atoms with E-state index < -0.39 is 0 Å². The zero-order valence-corrected chi connectivity index (χ0v) is 21.2. The first-order chi connectivity index (χ1) is 14.6. The topological polar surface area (TPSA) is 75.6 Å². The van der Waals surface area contributed by atoms with Gasteiger partial charge in [0.05, 0.1) is 26.8 Å². The molecule has 0 unspecified atom stereocenters. The summed E-state index contributed by atoms with van der Waals surface area (Å²) in [6, 6.07) is 13.0. The first kappa shape index (κ1) is 27.1. The largest absolute Gasteiger partial charge is 0.493 e. The van der Waals surface area contributed by atoms with Crippen LogP contribution in [0.25, 0.3) is 0 Å². The Morgan fingerprint density at radius 1 is 1.13 bits per heavy atom. The van der Waals surface area contributed by atoms with E-state index in [-0.39, 0.29) is 37.2 Å². The van der Waals surface area contributed by atoms with Gasteiger partial charge in [0.1, 0.15) is 19.0 Å². The zero-order chi connectivity index (χ0) is 21.8. The minimum atomic E-state index is -0.0470. The molecule has 0 aliphatic rings. The van der Waals surface area contributed by atoms with Crippen LogP contribution >= 0.6 is 35.6 Å². The van der Waals surface area contributed by atoms with Crippen molar-refractivity contribution in [2.24, 2.45) is 4.99 Å². The molecule has 2 N–H and O–H groups in total. The molecule has 7 nitrogen and oxygen atoms in total. The van der Waals surface area contributed by atoms with E-state index in [1.165, 1.54) is 0 Å². The summed E-state index contributed by atoms with van der Waals surface area (Å²) < 4.78 is 16.6. The van der Waals surface area contributed by atoms with Crippen molar-refractivity contribution in [2.75, 3.05) is 47.1 Å². The van der Waals surface area contributed by atoms with E-state index in [9.17, 15) is 0 Å². The normalized spacial score (nSPS) is 10.8. The number of hydrogen-bond acceptors (Lipinski definition) is 5. The van der Waals surface area contributed by atoms with Gasteiger partial charge in [0.25, 0.3) is 0 Å². The van der Waals surface area contributed by atoms with Gasteiger partial charge in [0.15, 0.2) is 17.5 Å². The van der Waals surface area contributed by atoms with Crippen LogP contribution in [-0.4, -0.2) is 63.0 Å². The summed E-state index contributed by atoms with van der Waals surface area (Å²) in [6.07, 6.45) is 0. The zero-order valence-electron chi connectivity index (χ0n) is 18.1. The molecule has 0 bridgehead atoms. The monoisotopic (exact) mass is 563 g/mol. The van der Waals surface area contributed by atoms with Crippen LogP contribution in [0.3, 0.4) is 0 Å². The molecule has 0 atom stereocenters. The third-order valence-corrected chi connectivity index (χ3v) is 4.41. The number of nitrogens with zero attached hydrogens (tertiary/aromatic N) is 2. The Hall–Kier alpha value is -1.91. The highest BCUT2D eigenvalue weighted by atomic mass is 127. The number of ether oxygens (including phenoxy) is 3. The Morgan fingerprint density at radius 2 is 1.94 bits per heavy atom. The van der Waals surface area contributed by atoms with Gasteiger partial charge >= 0.3 is 0 Å². The lowest BCUT2D eigenvalue weighted by Gasteiger charge is -2.22. The molecule has 31 heavy (non-hydrogen) atoms. The second-order valence-electron chi connectivity index (χ2n) is 6.45. The number of guanidine groups is 1. The highest BCUT2D eigenvalue weighted by Crippen LogP contribution is 2.28. The second-order valence-corrected chi connectivity index (χ2v) is 6.89. The lowest BCUT2D eigenvalue weighted by Crippen LogP contribution is -2.40. The maximum Gasteiger partial charge on any atom is 0.194 e. The quantitative estimate of drug-likeness (QED) is 0.246. The molecule has 0 radical (unpaired) electrons. The molecule has 0 amide bonds. The number of aliphatic hydroxyl groups is 1. The van der Waals surface area contributed by atoms with E-state index >= 15 is 0 Å². The van der Waals surface area contributed by atoms with E-state index in [2.05, 4.69) is 5.32 Å². The van der Waals surface area contributed by atoms with E-state index in [1.807, 2.05) is 55.3 Å². The summed E-state index contributed by atoms with van der Waals surface area (Å²) in [6.45, 7) is 4.62. The van der Waals surface area contributed by atoms with Crippen LogP contribution in [-0.2, 0) is 6.54 Å². The van der Waals surface area contributed by atoms with Crippen LogP contribution in [0.4, 0.5) is 0 Å². The number of nitrogens with one attached hydrogen (secondary N) is 1. The number of hydrogen-bond donors (Lipinski definition) is 2. The summed E-state index contributed by atoms with van der Waals surface area (Å²) in [5.41, 5.74) is 0.988. The van der Waals surface area contributed by atoms with Gasteiger partial charge < -0.3 is 29.5 Å². The molecule has 0 spiro atoms. The third kappa shape index (κ3) is 9.40. The van der Waals surface area contributed by atoms with Gasteiger partial charge in [-0.15, -0.1) is 24.0 Å². The SMILES string of the molecule is CCNC(=NCc1ccc(OCCO)c(OC)c1)N(C)CCOc1cccc(Cl)c1.I. The standard InChI is InChI=1S/C22H30ClN3O4.HI/c1-4-24-22(26(2)10-12-29-19-7-5-6-18(23)15-19)25-16-17-8-9-20(30-13-11-27)21(14-17)28-3;/h5-9,14-15,27H,4,10-13,16H2,1-3H3,(H,24,25);1H. The number of methoxy groups -OCH3 is 1. The van der Waals surface area contributed by atoms with Crippen LogP contribution in [0, 0.1) is 0 Å². The van der Waals surface area contributed by atoms with Crippen LogP contribution in [0.15, 0.2) is 47.5 Å². The molecule has 0 saturated heterocycles. The molecular formula is C22H31ClIN3O4. The molecule has 2 aromatic rings. The summed E-state index contributed by atoms with van der Waals surface area (Å²) in [5, 5.41) is 12.9. The average Bonchev–Trinajstić information content (AvgIpc) is 2.75. The predicted molar refractivity (Wildman–Crippen MR) is 135 cm³/mol. The van der Waals surface area contributed by atoms with Crippen LogP contribution in [0.1, 0.15) is 12.5 Å². The van der Waals surface area contributed by atoms with Crippen molar-refractivity contribution in [3.8, 4) is 17.2 Å². The number of aliphatic imine (C=N–C) groups is 1. The van der Waals surface area contributed by atoms with E-state index in [0.29, 0.717) is 36.2 Å². The number of likely N-dealkylation sites (N-methyl/N-ethyl adjacent to an activating group) is 1. The lowest BCUT2D eigenvalue weighted by molar-refractivity contribution is 0.196. The van der Waals surface area contributed by atoms with E-state index in [0.717, 1.165) is 23.8 Å². The Bertz CT molecular complexity index is 823. The van der Waals surface area contributed by atoms with Crippen molar-refractivity contribution in [1.29, 1.82) is 0 Å². The Balaban J connectivity index is 0.00000480. The minimum Gasteiger partial charge on any atom is -0.493 e. The fourth-order valence-electron chi connectivity index (χ4n) is 2.68. The van der Waals surface area contributed by atoms with Crippen molar-refractivity contribution >= 4 is 41.5 Å². The van der Waals surface area contributed by atoms with Crippen LogP contribution in [0.5, 0.6) is 17.2 Å². The maximum absolute atomic E-state index is 8.92. The fourth-order valence-corrected chi connectivity index (χ4v) is 2.86. The molecular weight excluding hydrogens is 533 g/mol. The van der Waals surface area contributed by atoms with Crippen molar-refractivity contribution in [2.45, 2.75) is 13.5 Å². The Labute approximate surface area is 206 Å². The van der Waals surface area contributed by atoms with Gasteiger partial charge in [-0.1, -0.05) is 23.7 Å². The van der Waals surface area contributed by atoms with Crippen molar-refractivity contribution in [1.82, 2.24) is 10.2 Å². The summed E-state index contributed by atoms with van der Waals surface area (Å²) in [7, 11) is 3.56. The van der Waals surface area contributed by atoms with Crippen molar-refractivity contribution < 1.29 is 19.3 Å². The number of aliphatic hydroxyl groups excluding tert-OH is 1. The lowest BCUT2D eigenvalue weighted by atomic mass is 10.2. The molecule has 0 aliphatic carbocycles. The van der Waals surface area contributed by atoms with E-state index in [1.54, 1.807) is 13.2 Å². The molecule has 2 aromatic carbocycles. The van der Waals surface area contributed by atoms with Gasteiger partial charge in [-0.05, 0) is 42.8 Å². The number of rotatable bonds is 11. The predicted octanol–water partition coefficient (Wildman–Crippen LogP) is 3.81. The minimum absolute atomic E-state index is 0. The molecule has 0 heterocycles. The number of benzene rings is 2. The first-order valence-electron chi connectivity index (χ1n) is 9.85. The fraction of sp³-hybridized carbons (Fsp3) is 0.409. The molecule has 0 saturated carbocycles. The van der Waals surface area contributed by atoms with Gasteiger partial charge in [0.2, 0.25) is 0 Å². The van der Waals surface area contributed by atoms with Gasteiger partial charge in [0, 0.05) is 18.6 Å². The molecule has 0 fully saturated rings. The second kappa shape index (κ2) is 15.0. The first-order valence-corrected chi connectivity index (χ1v) is 10.2. The Morgan fingerprint density at radius 3 is 2.61 bits per heavy atom. The van der Waals surface area contributed by atoms with Crippen LogP contribution in [0.2, 0.25) is 5.02 Å². The maximum atomic E-state index is 8.92. The van der Waals surface area contributed by atoms with E-state index in [4.69, 9.17) is 35.9 Å².